The van der Waals surface area contributed by atoms with E-state index in [1.807, 2.05) is 0 Å². The molecule has 1 N–H and O–H groups in total. The van der Waals surface area contributed by atoms with Gasteiger partial charge in [-0.05, 0) is 54.1 Å². The summed E-state index contributed by atoms with van der Waals surface area (Å²) in [5.74, 6) is -0.142. The molecule has 29 heavy (non-hydrogen) atoms. The number of amides is 2. The van der Waals surface area contributed by atoms with Crippen LogP contribution >= 0.6 is 35.0 Å². The number of allylic oxidation sites excluding steroid dienone is 1. The van der Waals surface area contributed by atoms with Crippen molar-refractivity contribution in [2.75, 3.05) is 7.11 Å². The molecule has 1 fully saturated rings. The molecular formula is C21H17Cl2NO4S. The highest BCUT2D eigenvalue weighted by molar-refractivity contribution is 8.18. The number of hydrogen-bond donors (Lipinski definition) is 1. The van der Waals surface area contributed by atoms with Crippen LogP contribution in [0.2, 0.25) is 10.0 Å². The molecule has 3 rings (SSSR count). The Balaban J connectivity index is 1.92. The van der Waals surface area contributed by atoms with Crippen molar-refractivity contribution in [3.05, 3.63) is 74.6 Å². The number of hydrogen-bond acceptors (Lipinski definition) is 5. The Bertz CT molecular complexity index is 1020. The van der Waals surface area contributed by atoms with Gasteiger partial charge in [0.1, 0.15) is 0 Å². The van der Waals surface area contributed by atoms with Gasteiger partial charge in [-0.15, -0.1) is 6.58 Å². The Morgan fingerprint density at radius 1 is 1.24 bits per heavy atom. The first kappa shape index (κ1) is 21.3. The summed E-state index contributed by atoms with van der Waals surface area (Å²) in [7, 11) is 1.44. The van der Waals surface area contributed by atoms with Crippen LogP contribution in [0.4, 0.5) is 4.79 Å². The summed E-state index contributed by atoms with van der Waals surface area (Å²) in [4.78, 5) is 26.6. The molecule has 0 radical (unpaired) electrons. The zero-order valence-electron chi connectivity index (χ0n) is 15.4. The second kappa shape index (κ2) is 8.95. The number of phenolic OH excluding ortho intramolecular Hbond substituents is 1. The normalized spacial score (nSPS) is 15.3. The summed E-state index contributed by atoms with van der Waals surface area (Å²) in [6, 6.07) is 8.32. The smallest absolute Gasteiger partial charge is 0.293 e. The highest BCUT2D eigenvalue weighted by Crippen LogP contribution is 2.38. The highest BCUT2D eigenvalue weighted by Gasteiger charge is 2.35. The molecule has 0 saturated carbocycles. The van der Waals surface area contributed by atoms with Crippen LogP contribution in [0.25, 0.3) is 6.08 Å². The van der Waals surface area contributed by atoms with Crippen molar-refractivity contribution in [2.45, 2.75) is 13.0 Å². The lowest BCUT2D eigenvalue weighted by molar-refractivity contribution is -0.123. The molecule has 0 aromatic heterocycles. The van der Waals surface area contributed by atoms with Gasteiger partial charge < -0.3 is 9.84 Å². The van der Waals surface area contributed by atoms with Crippen molar-refractivity contribution in [3.63, 3.8) is 0 Å². The minimum absolute atomic E-state index is 0.0128. The van der Waals surface area contributed by atoms with E-state index in [9.17, 15) is 14.7 Å². The van der Waals surface area contributed by atoms with Crippen molar-refractivity contribution in [1.82, 2.24) is 4.90 Å². The zero-order valence-corrected chi connectivity index (χ0v) is 17.8. The van der Waals surface area contributed by atoms with E-state index in [2.05, 4.69) is 6.58 Å². The molecule has 0 aliphatic carbocycles. The van der Waals surface area contributed by atoms with Crippen LogP contribution in [-0.4, -0.2) is 28.3 Å². The number of rotatable bonds is 6. The monoisotopic (exact) mass is 449 g/mol. The second-order valence-corrected chi connectivity index (χ2v) is 8.00. The summed E-state index contributed by atoms with van der Waals surface area (Å²) in [5.41, 5.74) is 1.74. The Kier molecular flexibility index (Phi) is 6.57. The third-order valence-electron chi connectivity index (χ3n) is 4.31. The zero-order chi connectivity index (χ0) is 21.1. The number of phenols is 1. The van der Waals surface area contributed by atoms with Crippen molar-refractivity contribution in [3.8, 4) is 11.5 Å². The SMILES string of the molecule is C=CCc1cc(/C=C2\SC(=O)N(Cc3c(Cl)cccc3Cl)C2=O)cc(OC)c1O. The van der Waals surface area contributed by atoms with E-state index in [1.165, 1.54) is 7.11 Å². The highest BCUT2D eigenvalue weighted by atomic mass is 35.5. The van der Waals surface area contributed by atoms with Gasteiger partial charge in [-0.25, -0.2) is 0 Å². The third kappa shape index (κ3) is 4.45. The number of halogens is 2. The molecule has 8 heteroatoms. The predicted octanol–water partition coefficient (Wildman–Crippen LogP) is 5.67. The van der Waals surface area contributed by atoms with Gasteiger partial charge in [0.25, 0.3) is 11.1 Å². The van der Waals surface area contributed by atoms with Crippen LogP contribution in [0.1, 0.15) is 16.7 Å². The average Bonchev–Trinajstić information content (AvgIpc) is 2.94. The maximum absolute atomic E-state index is 12.8. The second-order valence-electron chi connectivity index (χ2n) is 6.19. The van der Waals surface area contributed by atoms with Crippen LogP contribution < -0.4 is 4.74 Å². The molecule has 0 atom stereocenters. The van der Waals surface area contributed by atoms with E-state index in [4.69, 9.17) is 27.9 Å². The third-order valence-corrected chi connectivity index (χ3v) is 5.93. The van der Waals surface area contributed by atoms with Gasteiger partial charge in [0.05, 0.1) is 18.6 Å². The number of aromatic hydroxyl groups is 1. The lowest BCUT2D eigenvalue weighted by Gasteiger charge is -2.14. The fraction of sp³-hybridized carbons (Fsp3) is 0.143. The number of benzene rings is 2. The molecule has 1 saturated heterocycles. The Morgan fingerprint density at radius 2 is 1.93 bits per heavy atom. The van der Waals surface area contributed by atoms with Crippen LogP contribution in [0, 0.1) is 0 Å². The van der Waals surface area contributed by atoms with Crippen LogP contribution in [0.5, 0.6) is 11.5 Å². The topological polar surface area (TPSA) is 66.8 Å². The van der Waals surface area contributed by atoms with E-state index in [0.717, 1.165) is 16.7 Å². The van der Waals surface area contributed by atoms with Gasteiger partial charge in [0, 0.05) is 21.2 Å². The van der Waals surface area contributed by atoms with Crippen molar-refractivity contribution < 1.29 is 19.4 Å². The van der Waals surface area contributed by atoms with Gasteiger partial charge in [0.15, 0.2) is 11.5 Å². The molecule has 5 nitrogen and oxygen atoms in total. The predicted molar refractivity (Wildman–Crippen MR) is 117 cm³/mol. The summed E-state index contributed by atoms with van der Waals surface area (Å²) >= 11 is 13.2. The molecule has 1 heterocycles. The van der Waals surface area contributed by atoms with E-state index >= 15 is 0 Å². The molecule has 0 bridgehead atoms. The minimum atomic E-state index is -0.437. The Morgan fingerprint density at radius 3 is 2.55 bits per heavy atom. The fourth-order valence-corrected chi connectivity index (χ4v) is 4.22. The molecule has 0 unspecified atom stereocenters. The van der Waals surface area contributed by atoms with Crippen molar-refractivity contribution >= 4 is 52.2 Å². The summed E-state index contributed by atoms with van der Waals surface area (Å²) in [6.45, 7) is 3.66. The summed E-state index contributed by atoms with van der Waals surface area (Å²) < 4.78 is 5.20. The molecule has 2 aromatic rings. The van der Waals surface area contributed by atoms with Crippen LogP contribution in [-0.2, 0) is 17.8 Å². The number of thioether (sulfide) groups is 1. The van der Waals surface area contributed by atoms with E-state index in [1.54, 1.807) is 42.5 Å². The van der Waals surface area contributed by atoms with Gasteiger partial charge in [0.2, 0.25) is 0 Å². The quantitative estimate of drug-likeness (QED) is 0.454. The van der Waals surface area contributed by atoms with Crippen molar-refractivity contribution in [1.29, 1.82) is 0 Å². The van der Waals surface area contributed by atoms with Crippen LogP contribution in [0.15, 0.2) is 47.9 Å². The summed E-state index contributed by atoms with van der Waals surface area (Å²) in [6.07, 6.45) is 3.67. The summed E-state index contributed by atoms with van der Waals surface area (Å²) in [5, 5.41) is 10.6. The number of carbonyl (C=O) groups is 2. The van der Waals surface area contributed by atoms with Gasteiger partial charge in [-0.1, -0.05) is 35.3 Å². The number of carbonyl (C=O) groups excluding carboxylic acids is 2. The van der Waals surface area contributed by atoms with E-state index in [0.29, 0.717) is 33.2 Å². The molecule has 1 aliphatic rings. The molecular weight excluding hydrogens is 433 g/mol. The lowest BCUT2D eigenvalue weighted by atomic mass is 10.1. The number of imide groups is 1. The molecule has 2 amide bonds. The Labute approximate surface area is 182 Å². The van der Waals surface area contributed by atoms with Gasteiger partial charge >= 0.3 is 0 Å². The van der Waals surface area contributed by atoms with Gasteiger partial charge in [-0.3, -0.25) is 14.5 Å². The lowest BCUT2D eigenvalue weighted by Crippen LogP contribution is -2.27. The standard InChI is InChI=1S/C21H17Cl2NO4S/c1-3-5-13-8-12(9-17(28-2)19(13)25)10-18-20(26)24(21(27)29-18)11-14-15(22)6-4-7-16(14)23/h3-4,6-10,25H,1,5,11H2,2H3/b18-10-. The number of nitrogens with zero attached hydrogens (tertiary/aromatic N) is 1. The first-order valence-corrected chi connectivity index (χ1v) is 10.1. The van der Waals surface area contributed by atoms with Crippen LogP contribution in [0.3, 0.4) is 0 Å². The number of ether oxygens (including phenoxy) is 1. The molecule has 1 aliphatic heterocycles. The molecule has 2 aromatic carbocycles. The number of methoxy groups -OCH3 is 1. The van der Waals surface area contributed by atoms with E-state index in [-0.39, 0.29) is 22.9 Å². The van der Waals surface area contributed by atoms with Gasteiger partial charge in [-0.2, -0.15) is 0 Å². The minimum Gasteiger partial charge on any atom is -0.504 e. The first-order chi connectivity index (χ1) is 13.8. The molecule has 0 spiro atoms. The van der Waals surface area contributed by atoms with E-state index < -0.39 is 11.1 Å². The van der Waals surface area contributed by atoms with Crippen molar-refractivity contribution in [2.24, 2.45) is 0 Å². The largest absolute Gasteiger partial charge is 0.504 e. The molecule has 150 valence electrons. The first-order valence-electron chi connectivity index (χ1n) is 8.54. The Hall–Kier alpha value is -2.41. The average molecular weight is 450 g/mol. The fourth-order valence-electron chi connectivity index (χ4n) is 2.87. The maximum atomic E-state index is 12.8. The maximum Gasteiger partial charge on any atom is 0.293 e.